The molecule has 0 aliphatic heterocycles. The van der Waals surface area contributed by atoms with Gasteiger partial charge in [0.15, 0.2) is 5.69 Å². The minimum atomic E-state index is -4.65. The van der Waals surface area contributed by atoms with Crippen LogP contribution in [-0.4, -0.2) is 44.7 Å². The summed E-state index contributed by atoms with van der Waals surface area (Å²) in [6, 6.07) is 5.09. The molecule has 1 N–H and O–H groups in total. The molecular formula is C19H17ClF3N5O3. The number of nitrogens with one attached hydrogen (secondary N) is 1. The number of alkyl halides is 3. The Morgan fingerprint density at radius 1 is 1.35 bits per heavy atom. The first-order valence-corrected chi connectivity index (χ1v) is 9.75. The zero-order valence-electron chi connectivity index (χ0n) is 16.0. The van der Waals surface area contributed by atoms with Gasteiger partial charge in [0, 0.05) is 24.2 Å². The van der Waals surface area contributed by atoms with Gasteiger partial charge in [0.25, 0.3) is 5.91 Å². The van der Waals surface area contributed by atoms with Crippen LogP contribution in [0.5, 0.6) is 0 Å². The summed E-state index contributed by atoms with van der Waals surface area (Å²) in [6.07, 6.45) is -3.28. The van der Waals surface area contributed by atoms with Crippen molar-refractivity contribution in [1.29, 1.82) is 0 Å². The van der Waals surface area contributed by atoms with Gasteiger partial charge in [-0.05, 0) is 37.5 Å². The number of carbonyl (C=O) groups excluding carboxylic acids is 1. The van der Waals surface area contributed by atoms with Crippen LogP contribution >= 0.6 is 11.6 Å². The van der Waals surface area contributed by atoms with E-state index in [0.29, 0.717) is 17.0 Å². The Hall–Kier alpha value is -2.92. The molecule has 1 fully saturated rings. The number of pyridine rings is 1. The molecule has 31 heavy (non-hydrogen) atoms. The molecule has 0 aromatic carbocycles. The van der Waals surface area contributed by atoms with Crippen LogP contribution in [0.1, 0.15) is 47.5 Å². The first kappa shape index (κ1) is 21.3. The van der Waals surface area contributed by atoms with E-state index in [9.17, 15) is 18.0 Å². The Kier molecular flexibility index (Phi) is 5.71. The highest BCUT2D eigenvalue weighted by Crippen LogP contribution is 2.41. The number of ether oxygens (including phenoxy) is 1. The van der Waals surface area contributed by atoms with Crippen LogP contribution < -0.4 is 5.32 Å². The van der Waals surface area contributed by atoms with Crippen molar-refractivity contribution in [3.05, 3.63) is 53.5 Å². The molecule has 164 valence electrons. The number of fused-ring (bicyclic) bond motifs is 1. The van der Waals surface area contributed by atoms with E-state index in [0.717, 1.165) is 5.52 Å². The zero-order chi connectivity index (χ0) is 22.2. The number of rotatable bonds is 7. The molecule has 1 aliphatic rings. The maximum absolute atomic E-state index is 12.3. The van der Waals surface area contributed by atoms with Crippen molar-refractivity contribution in [3.63, 3.8) is 0 Å². The fraction of sp³-hybridized carbons (Fsp3) is 0.368. The van der Waals surface area contributed by atoms with E-state index >= 15 is 0 Å². The molecule has 3 aromatic heterocycles. The zero-order valence-corrected chi connectivity index (χ0v) is 16.8. The molecule has 1 amide bonds. The molecule has 0 bridgehead atoms. The fourth-order valence-electron chi connectivity index (χ4n) is 3.19. The Balaban J connectivity index is 1.25. The Bertz CT molecular complexity index is 1120. The second-order valence-corrected chi connectivity index (χ2v) is 7.59. The molecule has 12 heteroatoms. The summed E-state index contributed by atoms with van der Waals surface area (Å²) in [4.78, 5) is 12.3. The molecule has 8 nitrogen and oxygen atoms in total. The van der Waals surface area contributed by atoms with Gasteiger partial charge in [-0.1, -0.05) is 18.2 Å². The van der Waals surface area contributed by atoms with Crippen molar-refractivity contribution in [2.24, 2.45) is 0 Å². The maximum atomic E-state index is 12.3. The van der Waals surface area contributed by atoms with Gasteiger partial charge in [0.1, 0.15) is 0 Å². The highest BCUT2D eigenvalue weighted by atomic mass is 35.5. The standard InChI is InChI=1S/C19H17ClF3N5O3/c1-10(17-25-26-18(30-17)11-6-14(7-11)31-19(21,22)23)4-5-24-16(29)15-8-13-3-2-12(20)9-28(13)27-15/h2-3,8-9,11,14H,1,4-7H2,(H,24,29)/t11-,14+. The molecule has 1 saturated carbocycles. The number of hydrogen-bond acceptors (Lipinski definition) is 6. The second-order valence-electron chi connectivity index (χ2n) is 7.16. The summed E-state index contributed by atoms with van der Waals surface area (Å²) in [5.74, 6) is -0.189. The van der Waals surface area contributed by atoms with E-state index in [1.54, 1.807) is 24.4 Å². The quantitative estimate of drug-likeness (QED) is 0.579. The molecule has 3 aromatic rings. The minimum Gasteiger partial charge on any atom is -0.421 e. The van der Waals surface area contributed by atoms with Crippen LogP contribution in [0.25, 0.3) is 11.1 Å². The lowest BCUT2D eigenvalue weighted by Crippen LogP contribution is -2.34. The third-order valence-electron chi connectivity index (χ3n) is 4.86. The van der Waals surface area contributed by atoms with Crippen molar-refractivity contribution >= 4 is 28.6 Å². The molecule has 0 radical (unpaired) electrons. The average molecular weight is 456 g/mol. The van der Waals surface area contributed by atoms with Crippen molar-refractivity contribution in [2.75, 3.05) is 6.54 Å². The van der Waals surface area contributed by atoms with Crippen LogP contribution in [0.2, 0.25) is 5.02 Å². The van der Waals surface area contributed by atoms with Gasteiger partial charge in [-0.2, -0.15) is 5.10 Å². The van der Waals surface area contributed by atoms with Crippen LogP contribution in [0.3, 0.4) is 0 Å². The van der Waals surface area contributed by atoms with Crippen LogP contribution in [0, 0.1) is 0 Å². The van der Waals surface area contributed by atoms with Crippen molar-refractivity contribution < 1.29 is 27.1 Å². The predicted octanol–water partition coefficient (Wildman–Crippen LogP) is 3.99. The number of nitrogens with zero attached hydrogens (tertiary/aromatic N) is 4. The lowest BCUT2D eigenvalue weighted by molar-refractivity contribution is -0.352. The second kappa shape index (κ2) is 8.31. The van der Waals surface area contributed by atoms with E-state index in [1.807, 2.05) is 0 Å². The monoisotopic (exact) mass is 455 g/mol. The molecule has 4 rings (SSSR count). The van der Waals surface area contributed by atoms with Crippen LogP contribution in [-0.2, 0) is 4.74 Å². The third-order valence-corrected chi connectivity index (χ3v) is 5.08. The van der Waals surface area contributed by atoms with E-state index in [-0.39, 0.29) is 48.7 Å². The largest absolute Gasteiger partial charge is 0.522 e. The molecular weight excluding hydrogens is 439 g/mol. The Morgan fingerprint density at radius 3 is 2.87 bits per heavy atom. The smallest absolute Gasteiger partial charge is 0.421 e. The highest BCUT2D eigenvalue weighted by molar-refractivity contribution is 6.30. The molecule has 0 spiro atoms. The molecule has 0 atom stereocenters. The lowest BCUT2D eigenvalue weighted by Gasteiger charge is -2.32. The van der Waals surface area contributed by atoms with Gasteiger partial charge in [-0.3, -0.25) is 9.53 Å². The number of amides is 1. The summed E-state index contributed by atoms with van der Waals surface area (Å²) < 4.78 is 47.6. The SMILES string of the molecule is C=C(CCNC(=O)c1cc2ccc(Cl)cn2n1)c1nnc([C@H]2C[C@@H](OC(F)(F)F)C2)o1. The van der Waals surface area contributed by atoms with Gasteiger partial charge in [0.2, 0.25) is 11.8 Å². The van der Waals surface area contributed by atoms with Crippen molar-refractivity contribution in [3.8, 4) is 0 Å². The molecule has 1 aliphatic carbocycles. The van der Waals surface area contributed by atoms with Gasteiger partial charge in [0.05, 0.1) is 16.6 Å². The van der Waals surface area contributed by atoms with Gasteiger partial charge >= 0.3 is 6.36 Å². The summed E-state index contributed by atoms with van der Waals surface area (Å²) in [6.45, 7) is 4.12. The Labute approximate surface area is 179 Å². The Morgan fingerprint density at radius 2 is 2.13 bits per heavy atom. The number of halogens is 4. The summed E-state index contributed by atoms with van der Waals surface area (Å²) >= 11 is 5.91. The molecule has 3 heterocycles. The molecule has 0 unspecified atom stereocenters. The summed E-state index contributed by atoms with van der Waals surface area (Å²) in [5, 5.41) is 15.2. The topological polar surface area (TPSA) is 94.6 Å². The average Bonchev–Trinajstić information content (AvgIpc) is 3.30. The van der Waals surface area contributed by atoms with E-state index in [4.69, 9.17) is 16.0 Å². The first-order chi connectivity index (χ1) is 14.7. The van der Waals surface area contributed by atoms with Gasteiger partial charge < -0.3 is 9.73 Å². The third kappa shape index (κ3) is 5.05. The fourth-order valence-corrected chi connectivity index (χ4v) is 3.35. The normalized spacial score (nSPS) is 18.7. The van der Waals surface area contributed by atoms with Gasteiger partial charge in [-0.15, -0.1) is 23.4 Å². The highest BCUT2D eigenvalue weighted by Gasteiger charge is 2.42. The van der Waals surface area contributed by atoms with Crippen LogP contribution in [0.15, 0.2) is 35.4 Å². The number of carbonyl (C=O) groups is 1. The maximum Gasteiger partial charge on any atom is 0.522 e. The van der Waals surface area contributed by atoms with Crippen molar-refractivity contribution in [1.82, 2.24) is 25.1 Å². The van der Waals surface area contributed by atoms with E-state index in [1.165, 1.54) is 4.52 Å². The van der Waals surface area contributed by atoms with Crippen molar-refractivity contribution in [2.45, 2.75) is 37.6 Å². The molecule has 0 saturated heterocycles. The van der Waals surface area contributed by atoms with Gasteiger partial charge in [-0.25, -0.2) is 4.52 Å². The number of hydrogen-bond donors (Lipinski definition) is 1. The minimum absolute atomic E-state index is 0.161. The van der Waals surface area contributed by atoms with E-state index in [2.05, 4.69) is 31.9 Å². The summed E-state index contributed by atoms with van der Waals surface area (Å²) in [5.41, 5.74) is 1.48. The predicted molar refractivity (Wildman–Crippen MR) is 103 cm³/mol. The first-order valence-electron chi connectivity index (χ1n) is 9.37. The number of aromatic nitrogens is 4. The van der Waals surface area contributed by atoms with E-state index < -0.39 is 12.5 Å². The lowest BCUT2D eigenvalue weighted by atomic mass is 9.82. The summed E-state index contributed by atoms with van der Waals surface area (Å²) in [7, 11) is 0. The van der Waals surface area contributed by atoms with Crippen LogP contribution in [0.4, 0.5) is 13.2 Å².